The zero-order valence-corrected chi connectivity index (χ0v) is 18.0. The van der Waals surface area contributed by atoms with Crippen LogP contribution in [0, 0.1) is 17.8 Å². The van der Waals surface area contributed by atoms with E-state index in [-0.39, 0.29) is 29.6 Å². The number of benzene rings is 1. The first-order valence-electron chi connectivity index (χ1n) is 10.9. The van der Waals surface area contributed by atoms with Crippen molar-refractivity contribution in [2.24, 2.45) is 17.8 Å². The molecule has 1 amide bonds. The highest BCUT2D eigenvalue weighted by Crippen LogP contribution is 2.48. The number of nitrogens with one attached hydrogen (secondary N) is 1. The number of hydrogen-bond donors (Lipinski definition) is 1. The van der Waals surface area contributed by atoms with Crippen LogP contribution in [0.25, 0.3) is 5.69 Å². The van der Waals surface area contributed by atoms with Gasteiger partial charge in [-0.3, -0.25) is 4.79 Å². The summed E-state index contributed by atoms with van der Waals surface area (Å²) >= 11 is 0. The minimum absolute atomic E-state index is 0.00863. The molecular formula is C24H33N3O2. The van der Waals surface area contributed by atoms with Gasteiger partial charge < -0.3 is 10.1 Å². The highest BCUT2D eigenvalue weighted by Gasteiger charge is 2.49. The van der Waals surface area contributed by atoms with E-state index in [0.717, 1.165) is 24.9 Å². The summed E-state index contributed by atoms with van der Waals surface area (Å²) in [6, 6.07) is 10.4. The first kappa shape index (κ1) is 20.1. The molecule has 1 N–H and O–H groups in total. The van der Waals surface area contributed by atoms with Crippen LogP contribution in [0.1, 0.15) is 65.0 Å². The maximum absolute atomic E-state index is 12.6. The molecule has 5 nitrogen and oxygen atoms in total. The molecule has 4 rings (SSSR count). The van der Waals surface area contributed by atoms with Gasteiger partial charge in [-0.15, -0.1) is 0 Å². The fraction of sp³-hybridized carbons (Fsp3) is 0.583. The zero-order valence-electron chi connectivity index (χ0n) is 18.0. The number of aromatic nitrogens is 2. The average molecular weight is 396 g/mol. The summed E-state index contributed by atoms with van der Waals surface area (Å²) in [6.45, 7) is 8.47. The molecule has 0 radical (unpaired) electrons. The van der Waals surface area contributed by atoms with E-state index >= 15 is 0 Å². The van der Waals surface area contributed by atoms with E-state index < -0.39 is 0 Å². The number of hydrogen-bond acceptors (Lipinski definition) is 3. The Kier molecular flexibility index (Phi) is 5.52. The molecule has 1 aromatic heterocycles. The average Bonchev–Trinajstić information content (AvgIpc) is 3.22. The standard InChI is InChI=1S/C24H33N3O2/c1-16(2)23(28)26-24(4)15-22(29-21-14-17(3)6-11-20(21)24)18-7-9-19(10-8-18)27-13-5-12-25-27/h5,7-10,12-13,16-17,20-22H,6,11,14-15H2,1-4H3,(H,26,28)/t17-,20-,21-,22-,24+/m1/s1. The molecule has 0 bridgehead atoms. The number of carbonyl (C=O) groups excluding carboxylic acids is 1. The normalized spacial score (nSPS) is 32.0. The topological polar surface area (TPSA) is 56.2 Å². The third kappa shape index (κ3) is 4.11. The number of carbonyl (C=O) groups is 1. The Labute approximate surface area is 173 Å². The van der Waals surface area contributed by atoms with E-state index in [4.69, 9.17) is 4.74 Å². The fourth-order valence-electron chi connectivity index (χ4n) is 5.03. The molecule has 5 atom stereocenters. The largest absolute Gasteiger partial charge is 0.370 e. The molecule has 29 heavy (non-hydrogen) atoms. The second-order valence-corrected chi connectivity index (χ2v) is 9.50. The number of amides is 1. The van der Waals surface area contributed by atoms with E-state index in [2.05, 4.69) is 48.5 Å². The lowest BCUT2D eigenvalue weighted by atomic mass is 9.66. The molecule has 0 unspecified atom stereocenters. The predicted octanol–water partition coefficient (Wildman–Crippen LogP) is 4.67. The van der Waals surface area contributed by atoms with Gasteiger partial charge in [-0.05, 0) is 49.4 Å². The van der Waals surface area contributed by atoms with Crippen molar-refractivity contribution in [1.82, 2.24) is 15.1 Å². The van der Waals surface area contributed by atoms with Crippen LogP contribution in [0.2, 0.25) is 0 Å². The van der Waals surface area contributed by atoms with Gasteiger partial charge in [0.15, 0.2) is 0 Å². The molecule has 1 aromatic carbocycles. The third-order valence-corrected chi connectivity index (χ3v) is 6.79. The highest BCUT2D eigenvalue weighted by atomic mass is 16.5. The number of ether oxygens (including phenoxy) is 1. The molecule has 1 saturated carbocycles. The predicted molar refractivity (Wildman–Crippen MR) is 114 cm³/mol. The molecule has 156 valence electrons. The molecule has 1 aliphatic heterocycles. The molecular weight excluding hydrogens is 362 g/mol. The zero-order chi connectivity index (χ0) is 20.6. The Morgan fingerprint density at radius 2 is 2.03 bits per heavy atom. The maximum atomic E-state index is 12.6. The Hall–Kier alpha value is -2.14. The minimum atomic E-state index is -0.240. The molecule has 1 saturated heterocycles. The van der Waals surface area contributed by atoms with Crippen LogP contribution >= 0.6 is 0 Å². The smallest absolute Gasteiger partial charge is 0.222 e. The lowest BCUT2D eigenvalue weighted by Crippen LogP contribution is -2.61. The summed E-state index contributed by atoms with van der Waals surface area (Å²) < 4.78 is 8.50. The summed E-state index contributed by atoms with van der Waals surface area (Å²) in [6.07, 6.45) is 8.12. The lowest BCUT2D eigenvalue weighted by molar-refractivity contribution is -0.155. The van der Waals surface area contributed by atoms with Gasteiger partial charge in [0.05, 0.1) is 17.9 Å². The van der Waals surface area contributed by atoms with Gasteiger partial charge in [0.2, 0.25) is 5.91 Å². The molecule has 2 aliphatic rings. The Balaban J connectivity index is 1.59. The number of fused-ring (bicyclic) bond motifs is 1. The fourth-order valence-corrected chi connectivity index (χ4v) is 5.03. The van der Waals surface area contributed by atoms with Gasteiger partial charge >= 0.3 is 0 Å². The van der Waals surface area contributed by atoms with Crippen molar-refractivity contribution in [3.8, 4) is 5.69 Å². The first-order chi connectivity index (χ1) is 13.9. The van der Waals surface area contributed by atoms with Gasteiger partial charge in [0.1, 0.15) is 0 Å². The van der Waals surface area contributed by atoms with Crippen LogP contribution in [0.4, 0.5) is 0 Å². The highest BCUT2D eigenvalue weighted by molar-refractivity contribution is 5.78. The van der Waals surface area contributed by atoms with Gasteiger partial charge in [-0.2, -0.15) is 5.10 Å². The summed E-state index contributed by atoms with van der Waals surface area (Å²) in [7, 11) is 0. The molecule has 2 aromatic rings. The Morgan fingerprint density at radius 1 is 1.28 bits per heavy atom. The van der Waals surface area contributed by atoms with Crippen molar-refractivity contribution < 1.29 is 9.53 Å². The molecule has 2 fully saturated rings. The Morgan fingerprint density at radius 3 is 2.69 bits per heavy atom. The molecule has 1 aliphatic carbocycles. The van der Waals surface area contributed by atoms with Crippen LogP contribution in [0.5, 0.6) is 0 Å². The number of nitrogens with zero attached hydrogens (tertiary/aromatic N) is 2. The van der Waals surface area contributed by atoms with Crippen molar-refractivity contribution in [2.45, 2.75) is 71.1 Å². The lowest BCUT2D eigenvalue weighted by Gasteiger charge is -2.52. The summed E-state index contributed by atoms with van der Waals surface area (Å²) in [4.78, 5) is 12.6. The second kappa shape index (κ2) is 7.94. The maximum Gasteiger partial charge on any atom is 0.222 e. The van der Waals surface area contributed by atoms with Crippen LogP contribution in [-0.4, -0.2) is 27.3 Å². The molecule has 2 heterocycles. The van der Waals surface area contributed by atoms with Crippen molar-refractivity contribution in [2.75, 3.05) is 0 Å². The van der Waals surface area contributed by atoms with Crippen LogP contribution in [0.15, 0.2) is 42.7 Å². The summed E-state index contributed by atoms with van der Waals surface area (Å²) in [5.74, 6) is 1.17. The van der Waals surface area contributed by atoms with Gasteiger partial charge in [0.25, 0.3) is 0 Å². The molecule has 0 spiro atoms. The summed E-state index contributed by atoms with van der Waals surface area (Å²) in [5.41, 5.74) is 1.97. The van der Waals surface area contributed by atoms with Crippen LogP contribution in [-0.2, 0) is 9.53 Å². The summed E-state index contributed by atoms with van der Waals surface area (Å²) in [5, 5.41) is 7.71. The third-order valence-electron chi connectivity index (χ3n) is 6.79. The minimum Gasteiger partial charge on any atom is -0.370 e. The number of rotatable bonds is 4. The SMILES string of the molecule is CC(C)C(=O)N[C@@]1(C)C[C@H](c2ccc(-n3cccn3)cc2)O[C@@H]2C[C@H](C)CC[C@H]21. The van der Waals surface area contributed by atoms with E-state index in [9.17, 15) is 4.79 Å². The van der Waals surface area contributed by atoms with E-state index in [1.807, 2.05) is 30.8 Å². The molecule has 5 heteroatoms. The van der Waals surface area contributed by atoms with Crippen molar-refractivity contribution in [3.05, 3.63) is 48.3 Å². The van der Waals surface area contributed by atoms with E-state index in [1.54, 1.807) is 6.20 Å². The van der Waals surface area contributed by atoms with Crippen molar-refractivity contribution >= 4 is 5.91 Å². The van der Waals surface area contributed by atoms with Gasteiger partial charge in [0, 0.05) is 36.2 Å². The quantitative estimate of drug-likeness (QED) is 0.818. The Bertz CT molecular complexity index is 830. The van der Waals surface area contributed by atoms with Crippen LogP contribution < -0.4 is 5.32 Å². The van der Waals surface area contributed by atoms with E-state index in [0.29, 0.717) is 11.8 Å². The van der Waals surface area contributed by atoms with Crippen LogP contribution in [0.3, 0.4) is 0 Å². The van der Waals surface area contributed by atoms with Crippen molar-refractivity contribution in [1.29, 1.82) is 0 Å². The monoisotopic (exact) mass is 395 g/mol. The van der Waals surface area contributed by atoms with Crippen molar-refractivity contribution in [3.63, 3.8) is 0 Å². The van der Waals surface area contributed by atoms with Gasteiger partial charge in [-0.25, -0.2) is 4.68 Å². The van der Waals surface area contributed by atoms with E-state index in [1.165, 1.54) is 12.0 Å². The second-order valence-electron chi connectivity index (χ2n) is 9.50. The van der Waals surface area contributed by atoms with Gasteiger partial charge in [-0.1, -0.05) is 39.3 Å². The first-order valence-corrected chi connectivity index (χ1v) is 10.9.